The molecule has 0 radical (unpaired) electrons. The number of nitrogens with zero attached hydrogens (tertiary/aromatic N) is 2. The molecule has 3 rings (SSSR count). The number of rotatable bonds is 4. The van der Waals surface area contributed by atoms with Crippen LogP contribution < -0.4 is 15.0 Å². The first kappa shape index (κ1) is 14.5. The van der Waals surface area contributed by atoms with Crippen LogP contribution in [0.5, 0.6) is 5.75 Å². The molecule has 22 heavy (non-hydrogen) atoms. The van der Waals surface area contributed by atoms with E-state index in [1.54, 1.807) is 29.7 Å². The summed E-state index contributed by atoms with van der Waals surface area (Å²) in [5, 5.41) is 5.09. The van der Waals surface area contributed by atoms with Gasteiger partial charge in [-0.15, -0.1) is 11.3 Å². The Hall–Kier alpha value is -2.41. The van der Waals surface area contributed by atoms with Gasteiger partial charge in [-0.3, -0.25) is 9.59 Å². The van der Waals surface area contributed by atoms with Gasteiger partial charge in [-0.1, -0.05) is 6.07 Å². The van der Waals surface area contributed by atoms with Crippen molar-refractivity contribution in [3.05, 3.63) is 35.8 Å². The van der Waals surface area contributed by atoms with Crippen LogP contribution in [-0.4, -0.2) is 30.5 Å². The number of ether oxygens (including phenoxy) is 1. The number of hydrogen-bond acceptors (Lipinski definition) is 5. The average Bonchev–Trinajstić information content (AvgIpc) is 3.17. The number of hydrogen-bond donors (Lipinski definition) is 1. The molecule has 2 heterocycles. The number of nitrogens with one attached hydrogen (secondary N) is 1. The van der Waals surface area contributed by atoms with Crippen molar-refractivity contribution in [3.8, 4) is 5.75 Å². The SMILES string of the molecule is COc1cccc(N2C[C@H](C(=O)Nc3nccs3)CC2=O)c1. The van der Waals surface area contributed by atoms with E-state index in [-0.39, 0.29) is 24.2 Å². The molecule has 0 aliphatic carbocycles. The van der Waals surface area contributed by atoms with Crippen LogP contribution in [0.1, 0.15) is 6.42 Å². The van der Waals surface area contributed by atoms with E-state index >= 15 is 0 Å². The van der Waals surface area contributed by atoms with Crippen molar-refractivity contribution in [1.82, 2.24) is 4.98 Å². The molecular weight excluding hydrogens is 302 g/mol. The van der Waals surface area contributed by atoms with E-state index < -0.39 is 0 Å². The zero-order chi connectivity index (χ0) is 15.5. The minimum absolute atomic E-state index is 0.0625. The third-order valence-corrected chi connectivity index (χ3v) is 4.21. The number of thiazole rings is 1. The number of carbonyl (C=O) groups excluding carboxylic acids is 2. The number of aromatic nitrogens is 1. The molecule has 1 fully saturated rings. The normalized spacial score (nSPS) is 17.6. The smallest absolute Gasteiger partial charge is 0.231 e. The van der Waals surface area contributed by atoms with Crippen molar-refractivity contribution >= 4 is 34.0 Å². The number of benzene rings is 1. The second-order valence-corrected chi connectivity index (χ2v) is 5.83. The minimum Gasteiger partial charge on any atom is -0.497 e. The number of amides is 2. The molecule has 1 N–H and O–H groups in total. The van der Waals surface area contributed by atoms with E-state index in [4.69, 9.17) is 4.74 Å². The predicted molar refractivity (Wildman–Crippen MR) is 84.2 cm³/mol. The molecular formula is C15H15N3O3S. The maximum Gasteiger partial charge on any atom is 0.231 e. The summed E-state index contributed by atoms with van der Waals surface area (Å²) in [6.07, 6.45) is 1.83. The minimum atomic E-state index is -0.373. The van der Waals surface area contributed by atoms with Gasteiger partial charge in [-0.2, -0.15) is 0 Å². The van der Waals surface area contributed by atoms with Gasteiger partial charge in [0.25, 0.3) is 0 Å². The molecule has 1 aliphatic rings. The molecule has 114 valence electrons. The fourth-order valence-corrected chi connectivity index (χ4v) is 2.94. The Morgan fingerprint density at radius 2 is 2.36 bits per heavy atom. The fourth-order valence-electron chi connectivity index (χ4n) is 2.40. The molecule has 1 aromatic carbocycles. The Kier molecular flexibility index (Phi) is 4.06. The highest BCUT2D eigenvalue weighted by molar-refractivity contribution is 7.13. The van der Waals surface area contributed by atoms with Gasteiger partial charge in [0.1, 0.15) is 5.75 Å². The summed E-state index contributed by atoms with van der Waals surface area (Å²) in [6, 6.07) is 7.27. The predicted octanol–water partition coefficient (Wildman–Crippen LogP) is 2.14. The molecule has 0 saturated carbocycles. The lowest BCUT2D eigenvalue weighted by atomic mass is 10.1. The second kappa shape index (κ2) is 6.15. The highest BCUT2D eigenvalue weighted by atomic mass is 32.1. The molecule has 1 aliphatic heterocycles. The lowest BCUT2D eigenvalue weighted by molar-refractivity contribution is -0.122. The summed E-state index contributed by atoms with van der Waals surface area (Å²) < 4.78 is 5.17. The summed E-state index contributed by atoms with van der Waals surface area (Å²) in [7, 11) is 1.58. The van der Waals surface area contributed by atoms with Crippen LogP contribution in [0.3, 0.4) is 0 Å². The maximum absolute atomic E-state index is 12.2. The standard InChI is InChI=1S/C15H15N3O3S/c1-21-12-4-2-3-11(8-12)18-9-10(7-13(18)19)14(20)17-15-16-5-6-22-15/h2-6,8,10H,7,9H2,1H3,(H,16,17,20)/t10-/m1/s1. The van der Waals surface area contributed by atoms with Gasteiger partial charge < -0.3 is 15.0 Å². The van der Waals surface area contributed by atoms with Gasteiger partial charge in [0.05, 0.1) is 13.0 Å². The lowest BCUT2D eigenvalue weighted by Gasteiger charge is -2.17. The van der Waals surface area contributed by atoms with Crippen molar-refractivity contribution in [3.63, 3.8) is 0 Å². The zero-order valence-corrected chi connectivity index (χ0v) is 12.8. The molecule has 0 unspecified atom stereocenters. The van der Waals surface area contributed by atoms with Gasteiger partial charge in [0, 0.05) is 36.3 Å². The van der Waals surface area contributed by atoms with Gasteiger partial charge in [0.2, 0.25) is 11.8 Å². The van der Waals surface area contributed by atoms with Crippen LogP contribution in [0, 0.1) is 5.92 Å². The molecule has 1 atom stereocenters. The van der Waals surface area contributed by atoms with E-state index in [9.17, 15) is 9.59 Å². The summed E-state index contributed by atoms with van der Waals surface area (Å²) in [5.74, 6) is 0.0739. The lowest BCUT2D eigenvalue weighted by Crippen LogP contribution is -2.28. The largest absolute Gasteiger partial charge is 0.497 e. The van der Waals surface area contributed by atoms with E-state index in [0.717, 1.165) is 5.69 Å². The molecule has 1 aromatic heterocycles. The van der Waals surface area contributed by atoms with Crippen LogP contribution in [-0.2, 0) is 9.59 Å². The highest BCUT2D eigenvalue weighted by Crippen LogP contribution is 2.28. The molecule has 7 heteroatoms. The Bertz CT molecular complexity index is 687. The Balaban J connectivity index is 1.71. The quantitative estimate of drug-likeness (QED) is 0.938. The third kappa shape index (κ3) is 2.94. The van der Waals surface area contributed by atoms with E-state index in [1.165, 1.54) is 11.3 Å². The number of methoxy groups -OCH3 is 1. The molecule has 2 amide bonds. The van der Waals surface area contributed by atoms with Gasteiger partial charge in [0.15, 0.2) is 5.13 Å². The van der Waals surface area contributed by atoms with Crippen molar-refractivity contribution in [1.29, 1.82) is 0 Å². The van der Waals surface area contributed by atoms with Crippen LogP contribution in [0.25, 0.3) is 0 Å². The van der Waals surface area contributed by atoms with Gasteiger partial charge >= 0.3 is 0 Å². The van der Waals surface area contributed by atoms with Gasteiger partial charge in [-0.25, -0.2) is 4.98 Å². The Labute approximate surface area is 131 Å². The van der Waals surface area contributed by atoms with Crippen molar-refractivity contribution in [2.24, 2.45) is 5.92 Å². The molecule has 2 aromatic rings. The van der Waals surface area contributed by atoms with Crippen molar-refractivity contribution in [2.45, 2.75) is 6.42 Å². The first-order valence-corrected chi connectivity index (χ1v) is 7.70. The Morgan fingerprint density at radius 1 is 1.50 bits per heavy atom. The van der Waals surface area contributed by atoms with Crippen LogP contribution in [0.15, 0.2) is 35.8 Å². The van der Waals surface area contributed by atoms with E-state index in [0.29, 0.717) is 17.4 Å². The molecule has 6 nitrogen and oxygen atoms in total. The Morgan fingerprint density at radius 3 is 3.09 bits per heavy atom. The summed E-state index contributed by atoms with van der Waals surface area (Å²) >= 11 is 1.35. The highest BCUT2D eigenvalue weighted by Gasteiger charge is 2.35. The van der Waals surface area contributed by atoms with Crippen LogP contribution in [0.4, 0.5) is 10.8 Å². The monoisotopic (exact) mass is 317 g/mol. The first-order valence-electron chi connectivity index (χ1n) is 6.82. The molecule has 0 spiro atoms. The van der Waals surface area contributed by atoms with Crippen molar-refractivity contribution in [2.75, 3.05) is 23.9 Å². The summed E-state index contributed by atoms with van der Waals surface area (Å²) in [6.45, 7) is 0.364. The van der Waals surface area contributed by atoms with Gasteiger partial charge in [-0.05, 0) is 12.1 Å². The zero-order valence-electron chi connectivity index (χ0n) is 12.0. The number of carbonyl (C=O) groups is 2. The topological polar surface area (TPSA) is 71.5 Å². The molecule has 1 saturated heterocycles. The van der Waals surface area contributed by atoms with Crippen molar-refractivity contribution < 1.29 is 14.3 Å². The average molecular weight is 317 g/mol. The van der Waals surface area contributed by atoms with Crippen LogP contribution >= 0.6 is 11.3 Å². The molecule has 0 bridgehead atoms. The van der Waals surface area contributed by atoms with E-state index in [1.807, 2.05) is 18.2 Å². The first-order chi connectivity index (χ1) is 10.7. The second-order valence-electron chi connectivity index (χ2n) is 4.93. The third-order valence-electron chi connectivity index (χ3n) is 3.52. The van der Waals surface area contributed by atoms with Crippen LogP contribution in [0.2, 0.25) is 0 Å². The summed E-state index contributed by atoms with van der Waals surface area (Å²) in [4.78, 5) is 30.0. The van der Waals surface area contributed by atoms with E-state index in [2.05, 4.69) is 10.3 Å². The maximum atomic E-state index is 12.2. The summed E-state index contributed by atoms with van der Waals surface area (Å²) in [5.41, 5.74) is 0.744. The fraction of sp³-hybridized carbons (Fsp3) is 0.267. The number of anilines is 2.